The summed E-state index contributed by atoms with van der Waals surface area (Å²) >= 11 is 5.54. The zero-order valence-electron chi connectivity index (χ0n) is 7.86. The molecule has 0 N–H and O–H groups in total. The Morgan fingerprint density at radius 3 is 2.47 bits per heavy atom. The van der Waals surface area contributed by atoms with E-state index in [9.17, 15) is 0 Å². The Kier molecular flexibility index (Phi) is 4.60. The Morgan fingerprint density at radius 2 is 1.87 bits per heavy atom. The first-order valence-corrected chi connectivity index (χ1v) is 8.72. The summed E-state index contributed by atoms with van der Waals surface area (Å²) in [5.41, 5.74) is 0. The Hall–Kier alpha value is 0.540. The van der Waals surface area contributed by atoms with Crippen molar-refractivity contribution in [3.8, 4) is 5.75 Å². The van der Waals surface area contributed by atoms with Gasteiger partial charge in [0.05, 0.1) is 15.3 Å². The van der Waals surface area contributed by atoms with Crippen LogP contribution in [0.3, 0.4) is 0 Å². The molecular formula is C10H10BrIO2S. The third-order valence-corrected chi connectivity index (χ3v) is 3.84. The zero-order valence-corrected chi connectivity index (χ0v) is 12.4. The van der Waals surface area contributed by atoms with Gasteiger partial charge in [-0.2, -0.15) is 0 Å². The van der Waals surface area contributed by atoms with Gasteiger partial charge in [-0.15, -0.1) is 0 Å². The molecule has 0 atom stereocenters. The van der Waals surface area contributed by atoms with E-state index in [2.05, 4.69) is 37.1 Å². The lowest BCUT2D eigenvalue weighted by Gasteiger charge is -2.33. The Balaban J connectivity index is 1.77. The molecule has 0 saturated heterocycles. The van der Waals surface area contributed by atoms with Crippen LogP contribution in [0.15, 0.2) is 28.7 Å². The topological polar surface area (TPSA) is 18.5 Å². The van der Waals surface area contributed by atoms with Gasteiger partial charge in [-0.3, -0.25) is 0 Å². The van der Waals surface area contributed by atoms with Gasteiger partial charge in [-0.25, -0.2) is 0 Å². The molecule has 2 nitrogen and oxygen atoms in total. The smallest absolute Gasteiger partial charge is 0.119 e. The average Bonchev–Trinajstić information content (AvgIpc) is 2.18. The molecular weight excluding hydrogens is 391 g/mol. The molecule has 1 aromatic rings. The van der Waals surface area contributed by atoms with Crippen LogP contribution >= 0.6 is 46.3 Å². The fraction of sp³-hybridized carbons (Fsp3) is 0.400. The van der Waals surface area contributed by atoms with Crippen LogP contribution in [0.4, 0.5) is 0 Å². The molecule has 2 rings (SSSR count). The Morgan fingerprint density at radius 1 is 1.20 bits per heavy atom. The molecule has 0 bridgehead atoms. The molecule has 1 fully saturated rings. The van der Waals surface area contributed by atoms with Gasteiger partial charge in [0.25, 0.3) is 0 Å². The lowest BCUT2D eigenvalue weighted by Crippen LogP contribution is -2.38. The molecule has 1 saturated carbocycles. The van der Waals surface area contributed by atoms with Gasteiger partial charge in [-0.05, 0) is 24.3 Å². The minimum Gasteiger partial charge on any atom is -0.490 e. The zero-order chi connectivity index (χ0) is 10.7. The van der Waals surface area contributed by atoms with Crippen molar-refractivity contribution in [2.45, 2.75) is 25.0 Å². The number of ether oxygens (including phenoxy) is 1. The van der Waals surface area contributed by atoms with Gasteiger partial charge in [-0.1, -0.05) is 15.9 Å². The third-order valence-electron chi connectivity index (χ3n) is 2.34. The number of hydrogen-bond acceptors (Lipinski definition) is 3. The molecule has 15 heavy (non-hydrogen) atoms. The van der Waals surface area contributed by atoms with Crippen molar-refractivity contribution in [2.24, 2.45) is 0 Å². The molecule has 1 aromatic carbocycles. The predicted molar refractivity (Wildman–Crippen MR) is 74.3 cm³/mol. The van der Waals surface area contributed by atoms with Crippen LogP contribution in [0, 0.1) is 0 Å². The van der Waals surface area contributed by atoms with Gasteiger partial charge in [0.15, 0.2) is 0 Å². The normalized spacial score (nSPS) is 24.7. The standard InChI is InChI=1S/C10H10BrIO2S/c11-7-1-3-8(4-2-7)13-9-5-10(6-9)14-15-12/h1-4,9-10H,5-6H2. The highest BCUT2D eigenvalue weighted by atomic mass is 127. The first-order chi connectivity index (χ1) is 7.28. The number of rotatable bonds is 4. The highest BCUT2D eigenvalue weighted by Gasteiger charge is 2.32. The van der Waals surface area contributed by atoms with Gasteiger partial charge in [0.1, 0.15) is 11.9 Å². The van der Waals surface area contributed by atoms with Crippen molar-refractivity contribution >= 4 is 46.3 Å². The van der Waals surface area contributed by atoms with Crippen LogP contribution in [0.25, 0.3) is 0 Å². The lowest BCUT2D eigenvalue weighted by atomic mass is 9.92. The van der Waals surface area contributed by atoms with E-state index in [1.54, 1.807) is 0 Å². The number of hydrogen-bond donors (Lipinski definition) is 0. The maximum atomic E-state index is 5.77. The van der Waals surface area contributed by atoms with E-state index < -0.39 is 0 Å². The van der Waals surface area contributed by atoms with E-state index in [1.165, 1.54) is 9.21 Å². The van der Waals surface area contributed by atoms with Crippen molar-refractivity contribution in [1.82, 2.24) is 0 Å². The van der Waals surface area contributed by atoms with Gasteiger partial charge in [0, 0.05) is 38.5 Å². The summed E-state index contributed by atoms with van der Waals surface area (Å²) in [5, 5.41) is 0. The maximum absolute atomic E-state index is 5.77. The molecule has 1 aliphatic carbocycles. The van der Waals surface area contributed by atoms with Crippen LogP contribution in [0.2, 0.25) is 0 Å². The molecule has 0 unspecified atom stereocenters. The van der Waals surface area contributed by atoms with E-state index >= 15 is 0 Å². The quantitative estimate of drug-likeness (QED) is 0.552. The lowest BCUT2D eigenvalue weighted by molar-refractivity contribution is 0.0169. The van der Waals surface area contributed by atoms with Gasteiger partial charge >= 0.3 is 0 Å². The summed E-state index contributed by atoms with van der Waals surface area (Å²) in [4.78, 5) is 0. The monoisotopic (exact) mass is 400 g/mol. The highest BCUT2D eigenvalue weighted by molar-refractivity contribution is 14.2. The molecule has 82 valence electrons. The first kappa shape index (κ1) is 12.0. The van der Waals surface area contributed by atoms with E-state index in [0.29, 0.717) is 12.2 Å². The second kappa shape index (κ2) is 5.75. The van der Waals surface area contributed by atoms with E-state index in [0.717, 1.165) is 23.1 Å². The molecule has 0 aliphatic heterocycles. The second-order valence-corrected chi connectivity index (χ2v) is 5.76. The Labute approximate surface area is 114 Å². The highest BCUT2D eigenvalue weighted by Crippen LogP contribution is 2.32. The summed E-state index contributed by atoms with van der Waals surface area (Å²) in [7, 11) is 1.40. The summed E-state index contributed by atoms with van der Waals surface area (Å²) < 4.78 is 12.2. The maximum Gasteiger partial charge on any atom is 0.119 e. The summed E-state index contributed by atoms with van der Waals surface area (Å²) in [6.07, 6.45) is 2.67. The van der Waals surface area contributed by atoms with Crippen LogP contribution in [-0.2, 0) is 4.18 Å². The van der Waals surface area contributed by atoms with E-state index in [-0.39, 0.29) is 0 Å². The molecule has 1 aliphatic rings. The summed E-state index contributed by atoms with van der Waals surface area (Å²) in [6, 6.07) is 7.93. The molecule has 5 heteroatoms. The molecule has 0 amide bonds. The average molecular weight is 401 g/mol. The SMILES string of the molecule is Brc1ccc(OC2CC(OSI)C2)cc1. The van der Waals surface area contributed by atoms with Crippen molar-refractivity contribution in [3.05, 3.63) is 28.7 Å². The summed E-state index contributed by atoms with van der Waals surface area (Å²) in [6.45, 7) is 0. The summed E-state index contributed by atoms with van der Waals surface area (Å²) in [5.74, 6) is 0.934. The molecule has 0 radical (unpaired) electrons. The van der Waals surface area contributed by atoms with Crippen molar-refractivity contribution in [1.29, 1.82) is 0 Å². The predicted octanol–water partition coefficient (Wildman–Crippen LogP) is 4.37. The minimum absolute atomic E-state index is 0.319. The van der Waals surface area contributed by atoms with Crippen LogP contribution in [0.5, 0.6) is 5.75 Å². The fourth-order valence-electron chi connectivity index (χ4n) is 1.45. The largest absolute Gasteiger partial charge is 0.490 e. The van der Waals surface area contributed by atoms with Crippen LogP contribution in [0.1, 0.15) is 12.8 Å². The Bertz CT molecular complexity index is 314. The van der Waals surface area contributed by atoms with Crippen LogP contribution < -0.4 is 4.74 Å². The fourth-order valence-corrected chi connectivity index (χ4v) is 2.85. The van der Waals surface area contributed by atoms with Gasteiger partial charge < -0.3 is 8.92 Å². The molecule has 0 spiro atoms. The first-order valence-electron chi connectivity index (χ1n) is 4.64. The van der Waals surface area contributed by atoms with Crippen molar-refractivity contribution in [3.63, 3.8) is 0 Å². The molecule has 0 aromatic heterocycles. The van der Waals surface area contributed by atoms with E-state index in [1.807, 2.05) is 24.3 Å². The molecule has 0 heterocycles. The third kappa shape index (κ3) is 3.51. The number of halogens is 2. The van der Waals surface area contributed by atoms with E-state index in [4.69, 9.17) is 8.92 Å². The van der Waals surface area contributed by atoms with Crippen LogP contribution in [-0.4, -0.2) is 12.2 Å². The second-order valence-electron chi connectivity index (χ2n) is 3.45. The minimum atomic E-state index is 0.319. The van der Waals surface area contributed by atoms with Crippen molar-refractivity contribution < 1.29 is 8.92 Å². The van der Waals surface area contributed by atoms with Gasteiger partial charge in [0.2, 0.25) is 0 Å². The number of benzene rings is 1. The van der Waals surface area contributed by atoms with Crippen molar-refractivity contribution in [2.75, 3.05) is 0 Å².